The van der Waals surface area contributed by atoms with Crippen molar-refractivity contribution in [1.82, 2.24) is 4.31 Å². The van der Waals surface area contributed by atoms with Gasteiger partial charge in [0, 0.05) is 26.3 Å². The van der Waals surface area contributed by atoms with Crippen molar-refractivity contribution in [1.29, 1.82) is 0 Å². The summed E-state index contributed by atoms with van der Waals surface area (Å²) >= 11 is 0. The van der Waals surface area contributed by atoms with Crippen LogP contribution in [0.25, 0.3) is 0 Å². The summed E-state index contributed by atoms with van der Waals surface area (Å²) < 4.78 is 51.6. The highest BCUT2D eigenvalue weighted by Crippen LogP contribution is 2.25. The van der Waals surface area contributed by atoms with Gasteiger partial charge in [0.2, 0.25) is 10.0 Å². The van der Waals surface area contributed by atoms with Gasteiger partial charge < -0.3 is 0 Å². The maximum Gasteiger partial charge on any atom is 0.301 e. The predicted molar refractivity (Wildman–Crippen MR) is 78.4 cm³/mol. The first kappa shape index (κ1) is 15.1. The summed E-state index contributed by atoms with van der Waals surface area (Å²) in [5.41, 5.74) is 0.939. The molecule has 1 aromatic carbocycles. The Morgan fingerprint density at radius 1 is 1.20 bits per heavy atom. The second-order valence-electron chi connectivity index (χ2n) is 4.68. The van der Waals surface area contributed by atoms with Crippen LogP contribution < -0.4 is 9.03 Å². The molecular weight excluding hydrogens is 302 g/mol. The molecule has 1 saturated heterocycles. The van der Waals surface area contributed by atoms with Crippen LogP contribution in [0.5, 0.6) is 0 Å². The van der Waals surface area contributed by atoms with E-state index in [9.17, 15) is 16.8 Å². The SMILES string of the molecule is CN(C)S(=O)(=O)Nc1ccc(N2CCCS2(=O)=O)cc1. The van der Waals surface area contributed by atoms with Gasteiger partial charge in [0.05, 0.1) is 11.4 Å². The third kappa shape index (κ3) is 3.05. The van der Waals surface area contributed by atoms with Gasteiger partial charge in [-0.1, -0.05) is 0 Å². The van der Waals surface area contributed by atoms with Gasteiger partial charge in [0.25, 0.3) is 0 Å². The molecule has 0 amide bonds. The van der Waals surface area contributed by atoms with E-state index in [1.165, 1.54) is 18.4 Å². The minimum Gasteiger partial charge on any atom is -0.271 e. The van der Waals surface area contributed by atoms with Gasteiger partial charge in [0.15, 0.2) is 0 Å². The maximum absolute atomic E-state index is 11.8. The first-order valence-electron chi connectivity index (χ1n) is 6.03. The number of rotatable bonds is 4. The first-order chi connectivity index (χ1) is 9.22. The molecule has 0 unspecified atom stereocenters. The molecule has 2 rings (SSSR count). The fraction of sp³-hybridized carbons (Fsp3) is 0.455. The predicted octanol–water partition coefficient (Wildman–Crippen LogP) is 0.445. The molecule has 0 radical (unpaired) electrons. The number of nitrogens with zero attached hydrogens (tertiary/aromatic N) is 2. The molecule has 0 atom stereocenters. The third-order valence-corrected chi connectivity index (χ3v) is 6.31. The topological polar surface area (TPSA) is 86.8 Å². The Labute approximate surface area is 119 Å². The molecule has 0 aromatic heterocycles. The van der Waals surface area contributed by atoms with E-state index in [-0.39, 0.29) is 5.75 Å². The van der Waals surface area contributed by atoms with Gasteiger partial charge >= 0.3 is 10.2 Å². The molecule has 1 aromatic rings. The Morgan fingerprint density at radius 2 is 1.80 bits per heavy atom. The van der Waals surface area contributed by atoms with E-state index in [2.05, 4.69) is 4.72 Å². The summed E-state index contributed by atoms with van der Waals surface area (Å²) in [6.45, 7) is 0.463. The van der Waals surface area contributed by atoms with E-state index in [0.29, 0.717) is 24.3 Å². The zero-order valence-corrected chi connectivity index (χ0v) is 12.9. The lowest BCUT2D eigenvalue weighted by molar-refractivity contribution is 0.527. The van der Waals surface area contributed by atoms with Crippen molar-refractivity contribution >= 4 is 31.6 Å². The summed E-state index contributed by atoms with van der Waals surface area (Å²) in [4.78, 5) is 0. The molecule has 1 aliphatic rings. The molecular formula is C11H17N3O4S2. The van der Waals surface area contributed by atoms with E-state index in [0.717, 1.165) is 4.31 Å². The van der Waals surface area contributed by atoms with Crippen molar-refractivity contribution < 1.29 is 16.8 Å². The van der Waals surface area contributed by atoms with Crippen LogP contribution in [-0.2, 0) is 20.2 Å². The summed E-state index contributed by atoms with van der Waals surface area (Å²) in [5.74, 6) is 0.155. The standard InChI is InChI=1S/C11H17N3O4S2/c1-13(2)20(17,18)12-10-4-6-11(7-5-10)14-8-3-9-19(14,15)16/h4-7,12H,3,8-9H2,1-2H3. The average molecular weight is 319 g/mol. The number of hydrogen-bond donors (Lipinski definition) is 1. The van der Waals surface area contributed by atoms with Crippen LogP contribution >= 0.6 is 0 Å². The van der Waals surface area contributed by atoms with Crippen molar-refractivity contribution in [3.05, 3.63) is 24.3 Å². The highest BCUT2D eigenvalue weighted by molar-refractivity contribution is 7.93. The Kier molecular flexibility index (Phi) is 3.94. The summed E-state index contributed by atoms with van der Waals surface area (Å²) in [7, 11) is -3.92. The molecule has 1 N–H and O–H groups in total. The van der Waals surface area contributed by atoms with E-state index in [4.69, 9.17) is 0 Å². The Hall–Kier alpha value is -1.32. The zero-order valence-electron chi connectivity index (χ0n) is 11.3. The van der Waals surface area contributed by atoms with E-state index in [1.54, 1.807) is 24.3 Å². The van der Waals surface area contributed by atoms with Crippen LogP contribution in [-0.4, -0.2) is 47.5 Å². The highest BCUT2D eigenvalue weighted by Gasteiger charge is 2.28. The molecule has 20 heavy (non-hydrogen) atoms. The quantitative estimate of drug-likeness (QED) is 0.872. The van der Waals surface area contributed by atoms with Gasteiger partial charge in [-0.25, -0.2) is 8.42 Å². The van der Waals surface area contributed by atoms with Crippen molar-refractivity contribution in [3.8, 4) is 0 Å². The lowest BCUT2D eigenvalue weighted by atomic mass is 10.3. The summed E-state index contributed by atoms with van der Waals surface area (Å²) in [6.07, 6.45) is 0.608. The third-order valence-electron chi connectivity index (χ3n) is 2.98. The minimum atomic E-state index is -3.55. The highest BCUT2D eigenvalue weighted by atomic mass is 32.2. The van der Waals surface area contributed by atoms with Crippen LogP contribution in [0.4, 0.5) is 11.4 Å². The summed E-state index contributed by atoms with van der Waals surface area (Å²) in [5, 5.41) is 0. The number of anilines is 2. The number of benzene rings is 1. The Bertz CT molecular complexity index is 681. The number of hydrogen-bond acceptors (Lipinski definition) is 4. The molecule has 1 aliphatic heterocycles. The fourth-order valence-electron chi connectivity index (χ4n) is 1.87. The van der Waals surface area contributed by atoms with Crippen molar-refractivity contribution in [2.75, 3.05) is 35.4 Å². The Morgan fingerprint density at radius 3 is 2.25 bits per heavy atom. The zero-order chi connectivity index (χ0) is 15.0. The lowest BCUT2D eigenvalue weighted by Gasteiger charge is -2.18. The monoisotopic (exact) mass is 319 g/mol. The first-order valence-corrected chi connectivity index (χ1v) is 9.08. The molecule has 1 heterocycles. The van der Waals surface area contributed by atoms with Gasteiger partial charge in [-0.15, -0.1) is 0 Å². The number of nitrogens with one attached hydrogen (secondary N) is 1. The molecule has 1 fully saturated rings. The lowest BCUT2D eigenvalue weighted by Crippen LogP contribution is -2.29. The fourth-order valence-corrected chi connectivity index (χ4v) is 4.05. The van der Waals surface area contributed by atoms with Crippen LogP contribution in [0.15, 0.2) is 24.3 Å². The molecule has 9 heteroatoms. The molecule has 0 saturated carbocycles. The number of sulfonamides is 1. The smallest absolute Gasteiger partial charge is 0.271 e. The van der Waals surface area contributed by atoms with Gasteiger partial charge in [-0.05, 0) is 30.7 Å². The van der Waals surface area contributed by atoms with Crippen LogP contribution in [0.3, 0.4) is 0 Å². The molecule has 7 nitrogen and oxygen atoms in total. The van der Waals surface area contributed by atoms with E-state index < -0.39 is 20.2 Å². The summed E-state index contributed by atoms with van der Waals surface area (Å²) in [6, 6.07) is 6.28. The second kappa shape index (κ2) is 5.23. The van der Waals surface area contributed by atoms with Crippen molar-refractivity contribution in [3.63, 3.8) is 0 Å². The normalized spacial score (nSPS) is 18.4. The van der Waals surface area contributed by atoms with Gasteiger partial charge in [0.1, 0.15) is 0 Å². The van der Waals surface area contributed by atoms with E-state index >= 15 is 0 Å². The van der Waals surface area contributed by atoms with Gasteiger partial charge in [-0.2, -0.15) is 12.7 Å². The van der Waals surface area contributed by atoms with Gasteiger partial charge in [-0.3, -0.25) is 9.03 Å². The van der Waals surface area contributed by atoms with Crippen LogP contribution in [0.1, 0.15) is 6.42 Å². The second-order valence-corrected chi connectivity index (χ2v) is 8.58. The largest absolute Gasteiger partial charge is 0.301 e. The van der Waals surface area contributed by atoms with Crippen molar-refractivity contribution in [2.24, 2.45) is 0 Å². The molecule has 0 spiro atoms. The Balaban J connectivity index is 2.19. The maximum atomic E-state index is 11.8. The van der Waals surface area contributed by atoms with E-state index in [1.807, 2.05) is 0 Å². The van der Waals surface area contributed by atoms with Crippen molar-refractivity contribution in [2.45, 2.75) is 6.42 Å². The van der Waals surface area contributed by atoms with Crippen LogP contribution in [0.2, 0.25) is 0 Å². The average Bonchev–Trinajstić information content (AvgIpc) is 2.69. The molecule has 0 bridgehead atoms. The minimum absolute atomic E-state index is 0.155. The van der Waals surface area contributed by atoms with Crippen LogP contribution in [0, 0.1) is 0 Å². The molecule has 112 valence electrons. The molecule has 0 aliphatic carbocycles.